The lowest BCUT2D eigenvalue weighted by molar-refractivity contribution is 0.579. The summed E-state index contributed by atoms with van der Waals surface area (Å²) in [6, 6.07) is 1.66. The first kappa shape index (κ1) is 14.1. The number of thiophene rings is 1. The highest BCUT2D eigenvalue weighted by molar-refractivity contribution is 7.89. The van der Waals surface area contributed by atoms with Crippen molar-refractivity contribution in [1.82, 2.24) is 14.7 Å². The van der Waals surface area contributed by atoms with E-state index in [9.17, 15) is 8.42 Å². The number of aryl methyl sites for hydroxylation is 1. The van der Waals surface area contributed by atoms with Crippen molar-refractivity contribution in [3.05, 3.63) is 40.1 Å². The molecule has 0 aliphatic carbocycles. The molecule has 3 N–H and O–H groups in total. The third kappa shape index (κ3) is 3.16. The second-order valence-corrected chi connectivity index (χ2v) is 6.57. The van der Waals surface area contributed by atoms with Gasteiger partial charge >= 0.3 is 0 Å². The zero-order valence-corrected chi connectivity index (χ0v) is 12.0. The topological polar surface area (TPSA) is 98.0 Å². The van der Waals surface area contributed by atoms with Gasteiger partial charge in [-0.25, -0.2) is 23.1 Å². The predicted octanol–water partition coefficient (Wildman–Crippen LogP) is 0.784. The van der Waals surface area contributed by atoms with Crippen LogP contribution < -0.4 is 10.5 Å². The molecule has 2 rings (SSSR count). The molecule has 0 bridgehead atoms. The number of rotatable bonds is 5. The number of sulfonamides is 1. The van der Waals surface area contributed by atoms with Crippen LogP contribution in [0.2, 0.25) is 0 Å². The Morgan fingerprint density at radius 1 is 1.47 bits per heavy atom. The van der Waals surface area contributed by atoms with Crippen molar-refractivity contribution in [3.8, 4) is 0 Å². The van der Waals surface area contributed by atoms with Crippen LogP contribution in [0, 0.1) is 6.92 Å². The van der Waals surface area contributed by atoms with Crippen molar-refractivity contribution >= 4 is 21.4 Å². The Morgan fingerprint density at radius 2 is 2.26 bits per heavy atom. The number of aromatic nitrogens is 2. The Kier molecular flexibility index (Phi) is 4.25. The standard InChI is InChI=1S/C11H14N4O2S2/c1-8-6-18-10(4-12)11(8)19(16,17)15-5-9-2-3-13-7-14-9/h2-3,6-7,15H,4-5,12H2,1H3. The van der Waals surface area contributed by atoms with Crippen molar-refractivity contribution < 1.29 is 8.42 Å². The van der Waals surface area contributed by atoms with Gasteiger partial charge in [0, 0.05) is 17.6 Å². The van der Waals surface area contributed by atoms with Crippen LogP contribution in [0.3, 0.4) is 0 Å². The zero-order valence-electron chi connectivity index (χ0n) is 10.3. The molecule has 2 aromatic rings. The van der Waals surface area contributed by atoms with Crippen molar-refractivity contribution in [2.45, 2.75) is 24.9 Å². The highest BCUT2D eigenvalue weighted by Crippen LogP contribution is 2.26. The molecule has 6 nitrogen and oxygen atoms in total. The van der Waals surface area contributed by atoms with E-state index in [1.165, 1.54) is 17.7 Å². The van der Waals surface area contributed by atoms with Crippen molar-refractivity contribution in [3.63, 3.8) is 0 Å². The van der Waals surface area contributed by atoms with E-state index in [0.717, 1.165) is 0 Å². The molecule has 0 atom stereocenters. The number of nitrogens with zero attached hydrogens (tertiary/aromatic N) is 2. The molecular formula is C11H14N4O2S2. The lowest BCUT2D eigenvalue weighted by Crippen LogP contribution is -2.25. The number of hydrogen-bond acceptors (Lipinski definition) is 6. The summed E-state index contributed by atoms with van der Waals surface area (Å²) in [4.78, 5) is 8.69. The van der Waals surface area contributed by atoms with Crippen LogP contribution >= 0.6 is 11.3 Å². The second kappa shape index (κ2) is 5.74. The molecule has 0 aliphatic heterocycles. The molecule has 0 saturated heterocycles. The maximum Gasteiger partial charge on any atom is 0.242 e. The fourth-order valence-electron chi connectivity index (χ4n) is 1.65. The molecule has 0 radical (unpaired) electrons. The van der Waals surface area contributed by atoms with E-state index in [1.54, 1.807) is 24.6 Å². The van der Waals surface area contributed by atoms with Crippen LogP contribution in [0.1, 0.15) is 16.1 Å². The average Bonchev–Trinajstić information content (AvgIpc) is 2.80. The highest BCUT2D eigenvalue weighted by atomic mass is 32.2. The molecule has 0 unspecified atom stereocenters. The van der Waals surface area contributed by atoms with Gasteiger partial charge in [-0.05, 0) is 23.9 Å². The molecule has 0 saturated carbocycles. The lowest BCUT2D eigenvalue weighted by atomic mass is 10.3. The van der Waals surface area contributed by atoms with Gasteiger partial charge < -0.3 is 5.73 Å². The largest absolute Gasteiger partial charge is 0.326 e. The van der Waals surface area contributed by atoms with Gasteiger partial charge in [-0.2, -0.15) is 0 Å². The average molecular weight is 298 g/mol. The summed E-state index contributed by atoms with van der Waals surface area (Å²) in [7, 11) is -3.57. The summed E-state index contributed by atoms with van der Waals surface area (Å²) in [6.45, 7) is 2.10. The molecule has 102 valence electrons. The van der Waals surface area contributed by atoms with Gasteiger partial charge in [-0.3, -0.25) is 0 Å². The smallest absolute Gasteiger partial charge is 0.242 e. The zero-order chi connectivity index (χ0) is 13.9. The highest BCUT2D eigenvalue weighted by Gasteiger charge is 2.22. The summed E-state index contributed by atoms with van der Waals surface area (Å²) in [5.74, 6) is 0. The summed E-state index contributed by atoms with van der Waals surface area (Å²) in [5, 5.41) is 1.79. The molecule has 0 fully saturated rings. The monoisotopic (exact) mass is 298 g/mol. The van der Waals surface area contributed by atoms with Gasteiger partial charge in [0.25, 0.3) is 0 Å². The van der Waals surface area contributed by atoms with Crippen LogP contribution in [-0.4, -0.2) is 18.4 Å². The van der Waals surface area contributed by atoms with Crippen molar-refractivity contribution in [2.75, 3.05) is 0 Å². The minimum absolute atomic E-state index is 0.129. The fourth-order valence-corrected chi connectivity index (χ4v) is 4.35. The number of nitrogens with one attached hydrogen (secondary N) is 1. The number of nitrogens with two attached hydrogens (primary N) is 1. The van der Waals surface area contributed by atoms with E-state index in [0.29, 0.717) is 16.1 Å². The third-order valence-corrected chi connectivity index (χ3v) is 5.42. The van der Waals surface area contributed by atoms with Gasteiger partial charge in [0.1, 0.15) is 11.2 Å². The summed E-state index contributed by atoms with van der Waals surface area (Å²) in [5.41, 5.74) is 6.89. The minimum Gasteiger partial charge on any atom is -0.326 e. The van der Waals surface area contributed by atoms with Crippen LogP contribution in [0.15, 0.2) is 28.9 Å². The molecule has 2 aromatic heterocycles. The molecule has 0 amide bonds. The third-order valence-electron chi connectivity index (χ3n) is 2.53. The maximum absolute atomic E-state index is 12.3. The van der Waals surface area contributed by atoms with Gasteiger partial charge in [-0.1, -0.05) is 0 Å². The second-order valence-electron chi connectivity index (χ2n) is 3.90. The van der Waals surface area contributed by atoms with Crippen LogP contribution in [0.4, 0.5) is 0 Å². The van der Waals surface area contributed by atoms with Crippen LogP contribution in [0.25, 0.3) is 0 Å². The quantitative estimate of drug-likeness (QED) is 0.850. The normalized spacial score (nSPS) is 11.7. The van der Waals surface area contributed by atoms with E-state index in [-0.39, 0.29) is 18.0 Å². The lowest BCUT2D eigenvalue weighted by Gasteiger charge is -2.08. The van der Waals surface area contributed by atoms with E-state index < -0.39 is 10.0 Å². The van der Waals surface area contributed by atoms with E-state index in [4.69, 9.17) is 5.73 Å². The molecule has 8 heteroatoms. The summed E-state index contributed by atoms with van der Waals surface area (Å²) in [6.07, 6.45) is 2.95. The first-order valence-electron chi connectivity index (χ1n) is 5.56. The van der Waals surface area contributed by atoms with E-state index >= 15 is 0 Å². The van der Waals surface area contributed by atoms with Crippen molar-refractivity contribution in [2.24, 2.45) is 5.73 Å². The Bertz CT molecular complexity index is 653. The first-order chi connectivity index (χ1) is 9.04. The van der Waals surface area contributed by atoms with E-state index in [2.05, 4.69) is 14.7 Å². The Hall–Kier alpha value is -1.35. The first-order valence-corrected chi connectivity index (χ1v) is 7.92. The SMILES string of the molecule is Cc1csc(CN)c1S(=O)(=O)NCc1ccncn1. The maximum atomic E-state index is 12.3. The van der Waals surface area contributed by atoms with Gasteiger partial charge in [0.05, 0.1) is 12.2 Å². The van der Waals surface area contributed by atoms with Crippen LogP contribution in [-0.2, 0) is 23.1 Å². The Labute approximate surface area is 115 Å². The molecule has 0 spiro atoms. The van der Waals surface area contributed by atoms with Crippen LogP contribution in [0.5, 0.6) is 0 Å². The molecular weight excluding hydrogens is 284 g/mol. The van der Waals surface area contributed by atoms with Gasteiger partial charge in [-0.15, -0.1) is 11.3 Å². The summed E-state index contributed by atoms with van der Waals surface area (Å²) >= 11 is 1.35. The molecule has 2 heterocycles. The van der Waals surface area contributed by atoms with Crippen molar-refractivity contribution in [1.29, 1.82) is 0 Å². The van der Waals surface area contributed by atoms with Gasteiger partial charge in [0.2, 0.25) is 10.0 Å². The molecule has 0 aliphatic rings. The van der Waals surface area contributed by atoms with Gasteiger partial charge in [0.15, 0.2) is 0 Å². The molecule has 0 aromatic carbocycles. The fraction of sp³-hybridized carbons (Fsp3) is 0.273. The van der Waals surface area contributed by atoms with E-state index in [1.807, 2.05) is 0 Å². The minimum atomic E-state index is -3.57. The summed E-state index contributed by atoms with van der Waals surface area (Å²) < 4.78 is 27.1. The predicted molar refractivity (Wildman–Crippen MR) is 73.0 cm³/mol. The Morgan fingerprint density at radius 3 is 2.89 bits per heavy atom. The number of hydrogen-bond donors (Lipinski definition) is 2. The Balaban J connectivity index is 2.21. The molecule has 19 heavy (non-hydrogen) atoms.